The summed E-state index contributed by atoms with van der Waals surface area (Å²) >= 11 is 1.10. The Labute approximate surface area is 196 Å². The van der Waals surface area contributed by atoms with Crippen LogP contribution in [0.2, 0.25) is 0.515 Å². The fourth-order valence-corrected chi connectivity index (χ4v) is 3.81. The van der Waals surface area contributed by atoms with Gasteiger partial charge >= 0.3 is 126 Å². The first-order valence-electron chi connectivity index (χ1n) is 11.0. The predicted molar refractivity (Wildman–Crippen MR) is 114 cm³/mol. The number of carbonyl (C=O) groups is 1. The normalized spacial score (nSPS) is 10.3. The molecule has 0 saturated heterocycles. The van der Waals surface area contributed by atoms with Gasteiger partial charge in [0.05, 0.1) is 5.56 Å². The van der Waals surface area contributed by atoms with E-state index in [-0.39, 0.29) is 0 Å². The van der Waals surface area contributed by atoms with Crippen molar-refractivity contribution in [1.29, 1.82) is 0 Å². The second-order valence-corrected chi connectivity index (χ2v) is 8.83. The number of benzene rings is 1. The van der Waals surface area contributed by atoms with Crippen LogP contribution in [0.5, 0.6) is 0 Å². The van der Waals surface area contributed by atoms with Crippen LogP contribution in [0.25, 0.3) is 0 Å². The molecule has 0 fully saturated rings. The molecular formula is C23H39KO2. The van der Waals surface area contributed by atoms with Crippen LogP contribution in [0.15, 0.2) is 30.3 Å². The van der Waals surface area contributed by atoms with Crippen molar-refractivity contribution in [1.82, 2.24) is 0 Å². The smallest absolute Gasteiger partial charge is 0.335 e. The van der Waals surface area contributed by atoms with Gasteiger partial charge in [0.25, 0.3) is 0 Å². The Bertz CT molecular complexity index is 392. The fraction of sp³-hybridized carbons (Fsp3) is 0.696. The van der Waals surface area contributed by atoms with Crippen molar-refractivity contribution < 1.29 is 9.90 Å². The van der Waals surface area contributed by atoms with Crippen molar-refractivity contribution in [3.8, 4) is 0 Å². The van der Waals surface area contributed by atoms with Gasteiger partial charge in [-0.3, -0.25) is 0 Å². The number of carboxylic acids is 1. The Hall–Kier alpha value is 0.326. The molecule has 0 aromatic heterocycles. The van der Waals surface area contributed by atoms with Crippen LogP contribution in [-0.2, 0) is 0 Å². The SMILES string of the molecule is CCCCCCCCCCCCCCC[CH2][K].O=C(O)c1ccccc1. The Morgan fingerprint density at radius 2 is 1.12 bits per heavy atom. The topological polar surface area (TPSA) is 37.3 Å². The van der Waals surface area contributed by atoms with Crippen LogP contribution in [0.1, 0.15) is 107 Å². The molecule has 0 amide bonds. The molecule has 0 radical (unpaired) electrons. The van der Waals surface area contributed by atoms with Crippen LogP contribution in [0.4, 0.5) is 0 Å². The molecule has 144 valence electrons. The molecule has 0 unspecified atom stereocenters. The maximum Gasteiger partial charge on any atom is 0.335 e. The van der Waals surface area contributed by atoms with Gasteiger partial charge in [0.2, 0.25) is 0 Å². The number of hydrogen-bond acceptors (Lipinski definition) is 1. The zero-order valence-corrected chi connectivity index (χ0v) is 20.5. The fourth-order valence-electron chi connectivity index (χ4n) is 3.03. The third kappa shape index (κ3) is 19.1. The Balaban J connectivity index is 0.000000577. The van der Waals surface area contributed by atoms with E-state index >= 15 is 0 Å². The summed E-state index contributed by atoms with van der Waals surface area (Å²) in [4.78, 5) is 10.2. The Kier molecular flexibility index (Phi) is 21.9. The molecule has 0 saturated carbocycles. The quantitative estimate of drug-likeness (QED) is 0.251. The molecule has 26 heavy (non-hydrogen) atoms. The number of hydrogen-bond donors (Lipinski definition) is 1. The van der Waals surface area contributed by atoms with E-state index in [4.69, 9.17) is 5.11 Å². The number of unbranched alkanes of at least 4 members (excludes halogenated alkanes) is 13. The third-order valence-corrected chi connectivity index (χ3v) is 5.83. The molecule has 1 aromatic carbocycles. The Morgan fingerprint density at radius 3 is 1.42 bits per heavy atom. The molecule has 0 bridgehead atoms. The minimum Gasteiger partial charge on any atom is -0.478 e. The largest absolute Gasteiger partial charge is 0.478 e. The second kappa shape index (κ2) is 21.6. The van der Waals surface area contributed by atoms with Crippen LogP contribution in [0, 0.1) is 0 Å². The van der Waals surface area contributed by atoms with Crippen LogP contribution in [0.3, 0.4) is 0 Å². The van der Waals surface area contributed by atoms with Gasteiger partial charge in [0.1, 0.15) is 0 Å². The average molecular weight is 387 g/mol. The summed E-state index contributed by atoms with van der Waals surface area (Å²) in [5.74, 6) is -0.879. The molecule has 1 aromatic rings. The zero-order chi connectivity index (χ0) is 19.3. The first kappa shape index (κ1) is 26.3. The molecule has 0 aliphatic rings. The molecule has 2 nitrogen and oxygen atoms in total. The van der Waals surface area contributed by atoms with Crippen molar-refractivity contribution in [3.05, 3.63) is 35.9 Å². The molecule has 0 atom stereocenters. The minimum absolute atomic E-state index is 0.331. The summed E-state index contributed by atoms with van der Waals surface area (Å²) in [6, 6.07) is 8.30. The molecule has 0 aliphatic heterocycles. The first-order chi connectivity index (χ1) is 12.7. The zero-order valence-electron chi connectivity index (χ0n) is 17.3. The molecular weight excluding hydrogens is 347 g/mol. The van der Waals surface area contributed by atoms with Gasteiger partial charge in [-0.15, -0.1) is 0 Å². The van der Waals surface area contributed by atoms with Crippen molar-refractivity contribution in [2.45, 2.75) is 97.3 Å². The molecule has 3 heteroatoms. The summed E-state index contributed by atoms with van der Waals surface area (Å²) in [5.41, 5.74) is 0.331. The van der Waals surface area contributed by atoms with Gasteiger partial charge in [-0.25, -0.2) is 4.79 Å². The van der Waals surface area contributed by atoms with Gasteiger partial charge in [-0.05, 0) is 12.1 Å². The standard InChI is InChI=1S/C16H33.C7H6O2.K/c1-3-5-7-9-11-13-15-16-14-12-10-8-6-4-2;8-7(9)6-4-2-1-3-5-6;/h1,3-16H2,2H3;1-5H,(H,8,9);. The van der Waals surface area contributed by atoms with Gasteiger partial charge in [0.15, 0.2) is 0 Å². The molecule has 0 heterocycles. The Morgan fingerprint density at radius 1 is 0.731 bits per heavy atom. The molecule has 0 aliphatic carbocycles. The average Bonchev–Trinajstić information content (AvgIpc) is 2.67. The van der Waals surface area contributed by atoms with E-state index in [0.717, 1.165) is 49.0 Å². The van der Waals surface area contributed by atoms with Crippen molar-refractivity contribution in [3.63, 3.8) is 0 Å². The molecule has 1 rings (SSSR count). The predicted octanol–water partition coefficient (Wildman–Crippen LogP) is 7.44. The van der Waals surface area contributed by atoms with Crippen molar-refractivity contribution >= 4 is 54.9 Å². The number of rotatable bonds is 15. The van der Waals surface area contributed by atoms with Gasteiger partial charge in [-0.2, -0.15) is 0 Å². The van der Waals surface area contributed by atoms with Crippen LogP contribution in [-0.4, -0.2) is 60.0 Å². The third-order valence-electron chi connectivity index (χ3n) is 4.73. The summed E-state index contributed by atoms with van der Waals surface area (Å²) in [5, 5.41) is 8.38. The number of carboxylic acid groups (broad SMARTS) is 1. The maximum absolute atomic E-state index is 10.2. The molecule has 1 N–H and O–H groups in total. The van der Waals surface area contributed by atoms with Gasteiger partial charge in [0, 0.05) is 0 Å². The van der Waals surface area contributed by atoms with Crippen LogP contribution < -0.4 is 0 Å². The van der Waals surface area contributed by atoms with E-state index in [0.29, 0.717) is 5.56 Å². The van der Waals surface area contributed by atoms with Crippen molar-refractivity contribution in [2.24, 2.45) is 0 Å². The van der Waals surface area contributed by atoms with Gasteiger partial charge < -0.3 is 5.11 Å². The first-order valence-corrected chi connectivity index (χ1v) is 13.2. The van der Waals surface area contributed by atoms with Gasteiger partial charge in [-0.1, -0.05) is 44.4 Å². The van der Waals surface area contributed by atoms with Crippen molar-refractivity contribution in [2.75, 3.05) is 0 Å². The van der Waals surface area contributed by atoms with E-state index < -0.39 is 5.97 Å². The number of aromatic carboxylic acids is 1. The van der Waals surface area contributed by atoms with E-state index in [1.807, 2.05) is 0 Å². The summed E-state index contributed by atoms with van der Waals surface area (Å²) < 4.78 is 1.56. The van der Waals surface area contributed by atoms with E-state index in [9.17, 15) is 4.79 Å². The summed E-state index contributed by atoms with van der Waals surface area (Å²) in [6.07, 6.45) is 20.8. The summed E-state index contributed by atoms with van der Waals surface area (Å²) in [6.45, 7) is 2.29. The van der Waals surface area contributed by atoms with E-state index in [1.165, 1.54) is 89.9 Å². The molecule has 0 spiro atoms. The minimum atomic E-state index is -0.879. The maximum atomic E-state index is 10.2. The monoisotopic (exact) mass is 386 g/mol. The summed E-state index contributed by atoms with van der Waals surface area (Å²) in [7, 11) is 0. The van der Waals surface area contributed by atoms with Crippen LogP contribution >= 0.6 is 0 Å². The second-order valence-electron chi connectivity index (χ2n) is 7.27. The van der Waals surface area contributed by atoms with E-state index in [2.05, 4.69) is 6.92 Å². The van der Waals surface area contributed by atoms with E-state index in [1.54, 1.807) is 30.8 Å².